The van der Waals surface area contributed by atoms with Gasteiger partial charge in [0.05, 0.1) is 12.8 Å². The van der Waals surface area contributed by atoms with Gasteiger partial charge < -0.3 is 10.1 Å². The molecule has 0 spiro atoms. The van der Waals surface area contributed by atoms with Crippen LogP contribution in [0, 0.1) is 17.5 Å². The molecule has 7 nitrogen and oxygen atoms in total. The van der Waals surface area contributed by atoms with Crippen molar-refractivity contribution in [2.45, 2.75) is 13.5 Å². The lowest BCUT2D eigenvalue weighted by molar-refractivity contribution is -0.116. The second kappa shape index (κ2) is 8.78. The molecule has 0 bridgehead atoms. The molecule has 0 unspecified atom stereocenters. The minimum atomic E-state index is -0.475. The largest absolute Gasteiger partial charge is 0.494 e. The number of H-pyrrole nitrogens is 1. The molecule has 4 rings (SSSR count). The van der Waals surface area contributed by atoms with Crippen LogP contribution in [0.4, 0.5) is 9.52 Å². The van der Waals surface area contributed by atoms with Gasteiger partial charge in [-0.2, -0.15) is 5.10 Å². The fraction of sp³-hybridized carbons (Fsp3) is 0.143. The summed E-state index contributed by atoms with van der Waals surface area (Å²) in [4.78, 5) is 17.0. The average Bonchev–Trinajstić information content (AvgIpc) is 3.36. The maximum atomic E-state index is 14.0. The van der Waals surface area contributed by atoms with Crippen molar-refractivity contribution in [2.75, 3.05) is 12.4 Å². The SMILES string of the molecule is COc1ccc(-c2csc(NC(=O)Cn3c(-c4ccc(C)cc4)n[nH]c3=S)n2)cc1F. The van der Waals surface area contributed by atoms with Crippen LogP contribution in [-0.4, -0.2) is 32.8 Å². The number of aryl methyl sites for hydroxylation is 1. The van der Waals surface area contributed by atoms with Crippen LogP contribution in [0.5, 0.6) is 5.75 Å². The minimum absolute atomic E-state index is 0.0232. The molecule has 2 aromatic carbocycles. The topological polar surface area (TPSA) is 84.8 Å². The second-order valence-electron chi connectivity index (χ2n) is 6.74. The third-order valence-electron chi connectivity index (χ3n) is 4.57. The molecule has 2 heterocycles. The van der Waals surface area contributed by atoms with E-state index in [-0.39, 0.29) is 18.2 Å². The van der Waals surface area contributed by atoms with E-state index < -0.39 is 5.82 Å². The van der Waals surface area contributed by atoms with Gasteiger partial charge in [0.1, 0.15) is 6.54 Å². The van der Waals surface area contributed by atoms with Crippen LogP contribution in [-0.2, 0) is 11.3 Å². The molecule has 158 valence electrons. The van der Waals surface area contributed by atoms with Crippen molar-refractivity contribution in [1.82, 2.24) is 19.7 Å². The lowest BCUT2D eigenvalue weighted by Crippen LogP contribution is -2.19. The Hall–Kier alpha value is -3.37. The Balaban J connectivity index is 1.49. The summed E-state index contributed by atoms with van der Waals surface area (Å²) >= 11 is 6.54. The zero-order valence-corrected chi connectivity index (χ0v) is 18.3. The number of aromatic amines is 1. The number of thiazole rings is 1. The summed E-state index contributed by atoms with van der Waals surface area (Å²) in [7, 11) is 1.41. The fourth-order valence-corrected chi connectivity index (χ4v) is 3.91. The van der Waals surface area contributed by atoms with E-state index in [0.29, 0.717) is 27.0 Å². The third-order valence-corrected chi connectivity index (χ3v) is 5.64. The Morgan fingerprint density at radius 1 is 1.26 bits per heavy atom. The number of hydrogen-bond donors (Lipinski definition) is 2. The van der Waals surface area contributed by atoms with E-state index in [2.05, 4.69) is 20.5 Å². The average molecular weight is 456 g/mol. The van der Waals surface area contributed by atoms with E-state index in [9.17, 15) is 9.18 Å². The number of aromatic nitrogens is 4. The van der Waals surface area contributed by atoms with Crippen molar-refractivity contribution in [3.8, 4) is 28.4 Å². The van der Waals surface area contributed by atoms with Gasteiger partial charge in [0.15, 0.2) is 27.3 Å². The molecule has 2 N–H and O–H groups in total. The highest BCUT2D eigenvalue weighted by molar-refractivity contribution is 7.71. The maximum absolute atomic E-state index is 14.0. The van der Waals surface area contributed by atoms with Gasteiger partial charge in [-0.3, -0.25) is 14.5 Å². The first-order valence-corrected chi connectivity index (χ1v) is 10.5. The van der Waals surface area contributed by atoms with Crippen molar-refractivity contribution in [3.05, 3.63) is 64.0 Å². The summed E-state index contributed by atoms with van der Waals surface area (Å²) in [6.45, 7) is 1.97. The molecule has 10 heteroatoms. The summed E-state index contributed by atoms with van der Waals surface area (Å²) in [6.07, 6.45) is 0. The van der Waals surface area contributed by atoms with Crippen LogP contribution in [0.1, 0.15) is 5.56 Å². The highest BCUT2D eigenvalue weighted by atomic mass is 32.1. The Bertz CT molecular complexity index is 1290. The quantitative estimate of drug-likeness (QED) is 0.407. The number of amides is 1. The molecule has 0 aliphatic heterocycles. The van der Waals surface area contributed by atoms with Gasteiger partial charge in [-0.15, -0.1) is 11.3 Å². The molecule has 1 amide bonds. The van der Waals surface area contributed by atoms with Gasteiger partial charge in [0, 0.05) is 16.5 Å². The maximum Gasteiger partial charge on any atom is 0.246 e. The van der Waals surface area contributed by atoms with Gasteiger partial charge in [-0.05, 0) is 37.3 Å². The Labute approximate surface area is 186 Å². The molecule has 4 aromatic rings. The first-order chi connectivity index (χ1) is 14.9. The van der Waals surface area contributed by atoms with Gasteiger partial charge in [-0.25, -0.2) is 9.37 Å². The van der Waals surface area contributed by atoms with E-state index in [1.807, 2.05) is 31.2 Å². The van der Waals surface area contributed by atoms with Crippen LogP contribution in [0.15, 0.2) is 47.8 Å². The van der Waals surface area contributed by atoms with Crippen molar-refractivity contribution in [2.24, 2.45) is 0 Å². The lowest BCUT2D eigenvalue weighted by Gasteiger charge is -2.07. The molecule has 0 atom stereocenters. The zero-order valence-electron chi connectivity index (χ0n) is 16.7. The van der Waals surface area contributed by atoms with Gasteiger partial charge >= 0.3 is 0 Å². The molecule has 2 aromatic heterocycles. The number of ether oxygens (including phenoxy) is 1. The summed E-state index contributed by atoms with van der Waals surface area (Å²) in [6, 6.07) is 12.4. The van der Waals surface area contributed by atoms with Gasteiger partial charge in [0.2, 0.25) is 5.91 Å². The molecular weight excluding hydrogens is 437 g/mol. The monoisotopic (exact) mass is 455 g/mol. The van der Waals surface area contributed by atoms with Crippen LogP contribution in [0.25, 0.3) is 22.6 Å². The molecule has 31 heavy (non-hydrogen) atoms. The van der Waals surface area contributed by atoms with Crippen LogP contribution in [0.3, 0.4) is 0 Å². The highest BCUT2D eigenvalue weighted by Crippen LogP contribution is 2.28. The highest BCUT2D eigenvalue weighted by Gasteiger charge is 2.15. The summed E-state index contributed by atoms with van der Waals surface area (Å²) in [5.41, 5.74) is 3.12. The molecule has 0 saturated carbocycles. The number of rotatable bonds is 6. The number of methoxy groups -OCH3 is 1. The van der Waals surface area contributed by atoms with Crippen LogP contribution in [0.2, 0.25) is 0 Å². The predicted octanol–water partition coefficient (Wildman–Crippen LogP) is 4.83. The number of halogens is 1. The van der Waals surface area contributed by atoms with Gasteiger partial charge in [-0.1, -0.05) is 29.8 Å². The molecule has 0 fully saturated rings. The number of nitrogens with zero attached hydrogens (tertiary/aromatic N) is 3. The molecular formula is C21H18FN5O2S2. The van der Waals surface area contributed by atoms with Gasteiger partial charge in [0.25, 0.3) is 0 Å². The summed E-state index contributed by atoms with van der Waals surface area (Å²) in [5.74, 6) is -0.0355. The number of nitrogens with one attached hydrogen (secondary N) is 2. The van der Waals surface area contributed by atoms with E-state index in [1.165, 1.54) is 30.6 Å². The smallest absolute Gasteiger partial charge is 0.246 e. The fourth-order valence-electron chi connectivity index (χ4n) is 2.98. The van der Waals surface area contributed by atoms with Crippen molar-refractivity contribution >= 4 is 34.6 Å². The normalized spacial score (nSPS) is 10.8. The molecule has 0 aliphatic carbocycles. The van der Waals surface area contributed by atoms with Crippen molar-refractivity contribution in [1.29, 1.82) is 0 Å². The third kappa shape index (κ3) is 4.54. The number of anilines is 1. The Morgan fingerprint density at radius 3 is 2.71 bits per heavy atom. The zero-order chi connectivity index (χ0) is 22.0. The minimum Gasteiger partial charge on any atom is -0.494 e. The van der Waals surface area contributed by atoms with E-state index >= 15 is 0 Å². The number of carbonyl (C=O) groups excluding carboxylic acids is 1. The molecule has 0 aliphatic rings. The van der Waals surface area contributed by atoms with E-state index in [1.54, 1.807) is 16.0 Å². The van der Waals surface area contributed by atoms with Crippen LogP contribution >= 0.6 is 23.6 Å². The van der Waals surface area contributed by atoms with E-state index in [4.69, 9.17) is 17.0 Å². The first kappa shape index (κ1) is 20.9. The van der Waals surface area contributed by atoms with E-state index in [0.717, 1.165) is 11.1 Å². The number of carbonyl (C=O) groups is 1. The first-order valence-electron chi connectivity index (χ1n) is 9.26. The van der Waals surface area contributed by atoms with Crippen LogP contribution < -0.4 is 10.1 Å². The molecule has 0 saturated heterocycles. The summed E-state index contributed by atoms with van der Waals surface area (Å²) in [5, 5.41) is 11.9. The Morgan fingerprint density at radius 2 is 2.00 bits per heavy atom. The lowest BCUT2D eigenvalue weighted by atomic mass is 10.1. The summed E-state index contributed by atoms with van der Waals surface area (Å²) < 4.78 is 20.9. The predicted molar refractivity (Wildman–Crippen MR) is 120 cm³/mol. The standard InChI is InChI=1S/C21H18FN5O2S2/c1-12-3-5-13(6-4-12)19-25-26-21(30)27(19)10-18(28)24-20-23-16(11-31-20)14-7-8-17(29-2)15(22)9-14/h3-9,11H,10H2,1-2H3,(H,26,30)(H,23,24,28). The Kier molecular flexibility index (Phi) is 5.92. The van der Waals surface area contributed by atoms with Crippen molar-refractivity contribution < 1.29 is 13.9 Å². The number of hydrogen-bond acceptors (Lipinski definition) is 6. The van der Waals surface area contributed by atoms with Crippen molar-refractivity contribution in [3.63, 3.8) is 0 Å². The second-order valence-corrected chi connectivity index (χ2v) is 7.98. The number of benzene rings is 2. The molecule has 0 radical (unpaired) electrons.